The Morgan fingerprint density at radius 2 is 2.27 bits per heavy atom. The second-order valence-corrected chi connectivity index (χ2v) is 3.48. The molecule has 0 aromatic carbocycles. The third-order valence-electron chi connectivity index (χ3n) is 2.26. The molecule has 0 aliphatic carbocycles. The van der Waals surface area contributed by atoms with Gasteiger partial charge in [0.1, 0.15) is 5.76 Å². The molecule has 0 spiro atoms. The normalized spacial score (nSPS) is 12.5. The molecule has 1 atom stereocenters. The largest absolute Gasteiger partial charge is 0.444 e. The summed E-state index contributed by atoms with van der Waals surface area (Å²) in [6.07, 6.45) is 0.621. The third-order valence-corrected chi connectivity index (χ3v) is 2.26. The molecule has 0 fully saturated rings. The Hall–Kier alpha value is -1.36. The number of aryl methyl sites for hydroxylation is 2. The quantitative estimate of drug-likeness (QED) is 0.766. The fourth-order valence-corrected chi connectivity index (χ4v) is 1.09. The molecule has 0 saturated heterocycles. The van der Waals surface area contributed by atoms with E-state index in [1.165, 1.54) is 0 Å². The molecule has 0 saturated carbocycles. The number of oxazole rings is 1. The molecule has 84 valence electrons. The third kappa shape index (κ3) is 3.06. The lowest BCUT2D eigenvalue weighted by Gasteiger charge is -2.07. The van der Waals surface area contributed by atoms with E-state index in [4.69, 9.17) is 10.2 Å². The van der Waals surface area contributed by atoms with Crippen LogP contribution in [0.2, 0.25) is 0 Å². The van der Waals surface area contributed by atoms with E-state index < -0.39 is 6.04 Å². The molecule has 0 bridgehead atoms. The Morgan fingerprint density at radius 1 is 1.60 bits per heavy atom. The van der Waals surface area contributed by atoms with Gasteiger partial charge in [0.2, 0.25) is 11.8 Å². The van der Waals surface area contributed by atoms with Crippen LogP contribution in [-0.4, -0.2) is 16.9 Å². The van der Waals surface area contributed by atoms with Crippen LogP contribution in [0.15, 0.2) is 4.42 Å². The van der Waals surface area contributed by atoms with E-state index in [0.717, 1.165) is 11.5 Å². The maximum atomic E-state index is 11.3. The van der Waals surface area contributed by atoms with Gasteiger partial charge in [-0.15, -0.1) is 0 Å². The van der Waals surface area contributed by atoms with Gasteiger partial charge in [0, 0.05) is 0 Å². The van der Waals surface area contributed by atoms with Crippen LogP contribution in [0.3, 0.4) is 0 Å². The first kappa shape index (κ1) is 11.7. The van der Waals surface area contributed by atoms with Gasteiger partial charge in [0.15, 0.2) is 0 Å². The molecular formula is C10H17N3O2. The van der Waals surface area contributed by atoms with Gasteiger partial charge in [-0.1, -0.05) is 6.92 Å². The van der Waals surface area contributed by atoms with Crippen LogP contribution in [0.4, 0.5) is 0 Å². The van der Waals surface area contributed by atoms with Crippen molar-refractivity contribution in [2.24, 2.45) is 5.73 Å². The van der Waals surface area contributed by atoms with Crippen molar-refractivity contribution in [2.45, 2.75) is 39.8 Å². The lowest BCUT2D eigenvalue weighted by molar-refractivity contribution is -0.122. The molecule has 0 aliphatic rings. The lowest BCUT2D eigenvalue weighted by atomic mass is 10.2. The highest BCUT2D eigenvalue weighted by Gasteiger charge is 2.12. The summed E-state index contributed by atoms with van der Waals surface area (Å²) in [6.45, 7) is 5.86. The van der Waals surface area contributed by atoms with Crippen molar-refractivity contribution in [3.8, 4) is 0 Å². The van der Waals surface area contributed by atoms with E-state index in [0.29, 0.717) is 18.9 Å². The number of hydrogen-bond donors (Lipinski definition) is 2. The van der Waals surface area contributed by atoms with Crippen molar-refractivity contribution < 1.29 is 9.21 Å². The molecule has 1 amide bonds. The number of nitrogens with two attached hydrogens (primary N) is 1. The average molecular weight is 211 g/mol. The van der Waals surface area contributed by atoms with Crippen LogP contribution < -0.4 is 11.1 Å². The highest BCUT2D eigenvalue weighted by atomic mass is 16.4. The maximum absolute atomic E-state index is 11.3. The van der Waals surface area contributed by atoms with E-state index >= 15 is 0 Å². The minimum absolute atomic E-state index is 0.175. The fourth-order valence-electron chi connectivity index (χ4n) is 1.09. The maximum Gasteiger partial charge on any atom is 0.237 e. The minimum Gasteiger partial charge on any atom is -0.444 e. The van der Waals surface area contributed by atoms with Crippen molar-refractivity contribution in [3.63, 3.8) is 0 Å². The Labute approximate surface area is 89.1 Å². The second-order valence-electron chi connectivity index (χ2n) is 3.48. The van der Waals surface area contributed by atoms with Crippen molar-refractivity contribution in [1.29, 1.82) is 0 Å². The van der Waals surface area contributed by atoms with Gasteiger partial charge >= 0.3 is 0 Å². The van der Waals surface area contributed by atoms with Crippen molar-refractivity contribution in [2.75, 3.05) is 0 Å². The molecule has 1 aromatic heterocycles. The summed E-state index contributed by atoms with van der Waals surface area (Å²) in [5, 5.41) is 2.67. The summed E-state index contributed by atoms with van der Waals surface area (Å²) >= 11 is 0. The Bertz CT molecular complexity index is 327. The summed E-state index contributed by atoms with van der Waals surface area (Å²) in [5.74, 6) is 1.12. The summed E-state index contributed by atoms with van der Waals surface area (Å²) in [6, 6.07) is -0.456. The predicted molar refractivity (Wildman–Crippen MR) is 56.1 cm³/mol. The first-order valence-corrected chi connectivity index (χ1v) is 5.00. The van der Waals surface area contributed by atoms with Crippen LogP contribution in [0.1, 0.15) is 30.7 Å². The van der Waals surface area contributed by atoms with Gasteiger partial charge in [-0.25, -0.2) is 4.98 Å². The summed E-state index contributed by atoms with van der Waals surface area (Å²) in [5.41, 5.74) is 6.40. The molecule has 0 radical (unpaired) electrons. The molecule has 5 heteroatoms. The summed E-state index contributed by atoms with van der Waals surface area (Å²) < 4.78 is 5.31. The molecule has 3 N–H and O–H groups in total. The van der Waals surface area contributed by atoms with Crippen LogP contribution >= 0.6 is 0 Å². The predicted octanol–water partition coefficient (Wildman–Crippen LogP) is 0.645. The number of rotatable bonds is 4. The van der Waals surface area contributed by atoms with E-state index in [-0.39, 0.29) is 5.91 Å². The zero-order chi connectivity index (χ0) is 11.4. The van der Waals surface area contributed by atoms with Gasteiger partial charge in [0.05, 0.1) is 18.3 Å². The Balaban J connectivity index is 2.47. The zero-order valence-corrected chi connectivity index (χ0v) is 9.33. The number of aromatic nitrogens is 1. The number of nitrogens with zero attached hydrogens (tertiary/aromatic N) is 1. The number of carbonyl (C=O) groups excluding carboxylic acids is 1. The van der Waals surface area contributed by atoms with Crippen molar-refractivity contribution in [3.05, 3.63) is 17.3 Å². The van der Waals surface area contributed by atoms with E-state index in [1.807, 2.05) is 20.8 Å². The monoisotopic (exact) mass is 211 g/mol. The summed E-state index contributed by atoms with van der Waals surface area (Å²) in [7, 11) is 0. The number of amides is 1. The minimum atomic E-state index is -0.456. The van der Waals surface area contributed by atoms with E-state index in [9.17, 15) is 4.79 Å². The van der Waals surface area contributed by atoms with E-state index in [2.05, 4.69) is 10.3 Å². The van der Waals surface area contributed by atoms with Crippen LogP contribution in [0.5, 0.6) is 0 Å². The van der Waals surface area contributed by atoms with Crippen molar-refractivity contribution >= 4 is 5.91 Å². The molecular weight excluding hydrogens is 194 g/mol. The van der Waals surface area contributed by atoms with E-state index in [1.54, 1.807) is 0 Å². The van der Waals surface area contributed by atoms with Crippen molar-refractivity contribution in [1.82, 2.24) is 10.3 Å². The molecule has 0 aliphatic heterocycles. The van der Waals surface area contributed by atoms with Gasteiger partial charge in [0.25, 0.3) is 0 Å². The fraction of sp³-hybridized carbons (Fsp3) is 0.600. The van der Waals surface area contributed by atoms with Crippen LogP contribution in [-0.2, 0) is 11.3 Å². The Morgan fingerprint density at radius 3 is 2.73 bits per heavy atom. The Kier molecular flexibility index (Phi) is 3.85. The number of nitrogens with one attached hydrogen (secondary N) is 1. The van der Waals surface area contributed by atoms with Gasteiger partial charge in [-0.2, -0.15) is 0 Å². The van der Waals surface area contributed by atoms with Gasteiger partial charge in [-0.05, 0) is 20.3 Å². The number of carbonyl (C=O) groups is 1. The smallest absolute Gasteiger partial charge is 0.237 e. The number of hydrogen-bond acceptors (Lipinski definition) is 4. The molecule has 0 unspecified atom stereocenters. The summed E-state index contributed by atoms with van der Waals surface area (Å²) in [4.78, 5) is 15.5. The standard InChI is InChI=1S/C10H17N3O2/c1-4-8(11)10(14)12-5-9-13-6(2)7(3)15-9/h8H,4-5,11H2,1-3H3,(H,12,14)/t8-/m0/s1. The molecule has 1 rings (SSSR count). The highest BCUT2D eigenvalue weighted by Crippen LogP contribution is 2.07. The molecule has 1 heterocycles. The first-order valence-electron chi connectivity index (χ1n) is 5.00. The SMILES string of the molecule is CC[C@H](N)C(=O)NCc1nc(C)c(C)o1. The highest BCUT2D eigenvalue weighted by molar-refractivity contribution is 5.81. The average Bonchev–Trinajstić information content (AvgIpc) is 2.54. The molecule has 5 nitrogen and oxygen atoms in total. The zero-order valence-electron chi connectivity index (χ0n) is 9.33. The second kappa shape index (κ2) is 4.93. The molecule has 1 aromatic rings. The molecule has 15 heavy (non-hydrogen) atoms. The first-order chi connectivity index (χ1) is 7.04. The lowest BCUT2D eigenvalue weighted by Crippen LogP contribution is -2.39. The topological polar surface area (TPSA) is 81.2 Å². The van der Waals surface area contributed by atoms with Gasteiger partial charge < -0.3 is 15.5 Å². The van der Waals surface area contributed by atoms with Crippen LogP contribution in [0.25, 0.3) is 0 Å². The van der Waals surface area contributed by atoms with Gasteiger partial charge in [-0.3, -0.25) is 4.79 Å². The van der Waals surface area contributed by atoms with Crippen LogP contribution in [0, 0.1) is 13.8 Å².